The number of benzene rings is 1. The molecule has 1 atom stereocenters. The largest absolute Gasteiger partial charge is 0.409 e. The fourth-order valence-corrected chi connectivity index (χ4v) is 1.74. The number of aliphatic hydroxyl groups excluding tert-OH is 1. The standard InChI is InChI=1S/C13H20FN3O2/c1-9(2-3-18)7-16-8-10-4-11(13(15)17-19)6-12(14)5-10/h4-6,9,16,18-19H,2-3,7-8H2,1H3,(H2,15,17). The number of rotatable bonds is 7. The van der Waals surface area contributed by atoms with Crippen LogP contribution in [0.25, 0.3) is 0 Å². The first kappa shape index (κ1) is 15.4. The predicted molar refractivity (Wildman–Crippen MR) is 71.5 cm³/mol. The van der Waals surface area contributed by atoms with Crippen LogP contribution in [0.2, 0.25) is 0 Å². The quantitative estimate of drug-likeness (QED) is 0.257. The number of halogens is 1. The predicted octanol–water partition coefficient (Wildman–Crippen LogP) is 1.03. The van der Waals surface area contributed by atoms with Crippen molar-refractivity contribution in [3.05, 3.63) is 35.1 Å². The zero-order chi connectivity index (χ0) is 14.3. The van der Waals surface area contributed by atoms with E-state index in [9.17, 15) is 4.39 Å². The van der Waals surface area contributed by atoms with E-state index in [2.05, 4.69) is 10.5 Å². The molecule has 106 valence electrons. The van der Waals surface area contributed by atoms with Gasteiger partial charge < -0.3 is 21.4 Å². The van der Waals surface area contributed by atoms with E-state index in [4.69, 9.17) is 16.0 Å². The number of nitrogens with two attached hydrogens (primary N) is 1. The van der Waals surface area contributed by atoms with Crippen LogP contribution >= 0.6 is 0 Å². The molecule has 5 N–H and O–H groups in total. The van der Waals surface area contributed by atoms with E-state index in [-0.39, 0.29) is 12.4 Å². The fraction of sp³-hybridized carbons (Fsp3) is 0.462. The highest BCUT2D eigenvalue weighted by Gasteiger charge is 2.06. The highest BCUT2D eigenvalue weighted by atomic mass is 19.1. The maximum atomic E-state index is 13.4. The topological polar surface area (TPSA) is 90.9 Å². The van der Waals surface area contributed by atoms with Crippen molar-refractivity contribution in [3.8, 4) is 0 Å². The van der Waals surface area contributed by atoms with Crippen LogP contribution < -0.4 is 11.1 Å². The molecule has 1 aromatic carbocycles. The van der Waals surface area contributed by atoms with Crippen molar-refractivity contribution in [2.75, 3.05) is 13.2 Å². The summed E-state index contributed by atoms with van der Waals surface area (Å²) in [4.78, 5) is 0. The lowest BCUT2D eigenvalue weighted by Gasteiger charge is -2.11. The van der Waals surface area contributed by atoms with E-state index >= 15 is 0 Å². The highest BCUT2D eigenvalue weighted by molar-refractivity contribution is 5.97. The summed E-state index contributed by atoms with van der Waals surface area (Å²) in [7, 11) is 0. The molecule has 0 heterocycles. The molecule has 1 rings (SSSR count). The Hall–Kier alpha value is -1.66. The van der Waals surface area contributed by atoms with Gasteiger partial charge in [0.25, 0.3) is 0 Å². The maximum Gasteiger partial charge on any atom is 0.170 e. The lowest BCUT2D eigenvalue weighted by molar-refractivity contribution is 0.260. The van der Waals surface area contributed by atoms with E-state index in [1.165, 1.54) is 12.1 Å². The summed E-state index contributed by atoms with van der Waals surface area (Å²) in [5.41, 5.74) is 6.50. The number of nitrogens with zero attached hydrogens (tertiary/aromatic N) is 1. The minimum atomic E-state index is -0.427. The van der Waals surface area contributed by atoms with Crippen molar-refractivity contribution in [2.24, 2.45) is 16.8 Å². The Morgan fingerprint density at radius 3 is 2.84 bits per heavy atom. The molecule has 0 aromatic heterocycles. The number of oxime groups is 1. The van der Waals surface area contributed by atoms with Crippen molar-refractivity contribution in [1.82, 2.24) is 5.32 Å². The third kappa shape index (κ3) is 5.23. The van der Waals surface area contributed by atoms with Crippen LogP contribution in [0.3, 0.4) is 0 Å². The first-order valence-electron chi connectivity index (χ1n) is 6.15. The Bertz CT molecular complexity index is 438. The second-order valence-corrected chi connectivity index (χ2v) is 4.58. The molecule has 6 heteroatoms. The van der Waals surface area contributed by atoms with Crippen LogP contribution in [0.15, 0.2) is 23.4 Å². The number of aliphatic hydroxyl groups is 1. The molecular formula is C13H20FN3O2. The zero-order valence-electron chi connectivity index (χ0n) is 10.9. The molecule has 0 aliphatic rings. The molecule has 19 heavy (non-hydrogen) atoms. The van der Waals surface area contributed by atoms with Crippen LogP contribution in [-0.4, -0.2) is 29.3 Å². The molecule has 0 radical (unpaired) electrons. The van der Waals surface area contributed by atoms with Gasteiger partial charge in [0.1, 0.15) is 5.82 Å². The smallest absolute Gasteiger partial charge is 0.170 e. The van der Waals surface area contributed by atoms with Crippen LogP contribution in [0.4, 0.5) is 4.39 Å². The lowest BCUT2D eigenvalue weighted by atomic mass is 10.1. The molecule has 0 saturated heterocycles. The van der Waals surface area contributed by atoms with E-state index in [0.717, 1.165) is 18.5 Å². The van der Waals surface area contributed by atoms with Crippen molar-refractivity contribution in [3.63, 3.8) is 0 Å². The average Bonchev–Trinajstić information content (AvgIpc) is 2.37. The third-order valence-corrected chi connectivity index (χ3v) is 2.80. The Morgan fingerprint density at radius 2 is 2.21 bits per heavy atom. The Kier molecular flexibility index (Phi) is 6.24. The van der Waals surface area contributed by atoms with Crippen molar-refractivity contribution in [1.29, 1.82) is 0 Å². The summed E-state index contributed by atoms with van der Waals surface area (Å²) in [5, 5.41) is 23.4. The van der Waals surface area contributed by atoms with Gasteiger partial charge in [0, 0.05) is 18.7 Å². The van der Waals surface area contributed by atoms with Gasteiger partial charge in [0.15, 0.2) is 5.84 Å². The molecule has 1 aromatic rings. The van der Waals surface area contributed by atoms with E-state index < -0.39 is 5.82 Å². The Balaban J connectivity index is 2.61. The molecule has 5 nitrogen and oxygen atoms in total. The minimum absolute atomic E-state index is 0.116. The molecule has 0 aliphatic carbocycles. The normalized spacial score (nSPS) is 13.5. The van der Waals surface area contributed by atoms with Gasteiger partial charge in [-0.25, -0.2) is 4.39 Å². The molecule has 0 saturated carbocycles. The van der Waals surface area contributed by atoms with Crippen molar-refractivity contribution >= 4 is 5.84 Å². The monoisotopic (exact) mass is 269 g/mol. The van der Waals surface area contributed by atoms with Crippen LogP contribution in [-0.2, 0) is 6.54 Å². The first-order valence-corrected chi connectivity index (χ1v) is 6.15. The van der Waals surface area contributed by atoms with Gasteiger partial charge in [-0.3, -0.25) is 0 Å². The van der Waals surface area contributed by atoms with Crippen LogP contribution in [0, 0.1) is 11.7 Å². The van der Waals surface area contributed by atoms with Crippen LogP contribution in [0.1, 0.15) is 24.5 Å². The number of amidine groups is 1. The summed E-state index contributed by atoms with van der Waals surface area (Å²) in [6.45, 7) is 3.41. The minimum Gasteiger partial charge on any atom is -0.409 e. The Morgan fingerprint density at radius 1 is 1.47 bits per heavy atom. The molecule has 0 aliphatic heterocycles. The lowest BCUT2D eigenvalue weighted by Crippen LogP contribution is -2.22. The summed E-state index contributed by atoms with van der Waals surface area (Å²) < 4.78 is 13.4. The second kappa shape index (κ2) is 7.70. The van der Waals surface area contributed by atoms with Crippen molar-refractivity contribution in [2.45, 2.75) is 19.9 Å². The summed E-state index contributed by atoms with van der Waals surface area (Å²) in [6.07, 6.45) is 0.728. The number of nitrogens with one attached hydrogen (secondary N) is 1. The van der Waals surface area contributed by atoms with Gasteiger partial charge in [0.05, 0.1) is 0 Å². The van der Waals surface area contributed by atoms with Crippen molar-refractivity contribution < 1.29 is 14.7 Å². The molecule has 0 fully saturated rings. The number of hydrogen-bond donors (Lipinski definition) is 4. The van der Waals surface area contributed by atoms with Gasteiger partial charge in [-0.2, -0.15) is 0 Å². The highest BCUT2D eigenvalue weighted by Crippen LogP contribution is 2.09. The van der Waals surface area contributed by atoms with E-state index in [1.807, 2.05) is 6.92 Å². The summed E-state index contributed by atoms with van der Waals surface area (Å²) in [6, 6.07) is 4.28. The summed E-state index contributed by atoms with van der Waals surface area (Å²) >= 11 is 0. The molecule has 0 bridgehead atoms. The van der Waals surface area contributed by atoms with Crippen LogP contribution in [0.5, 0.6) is 0 Å². The third-order valence-electron chi connectivity index (χ3n) is 2.80. The van der Waals surface area contributed by atoms with Gasteiger partial charge >= 0.3 is 0 Å². The maximum absolute atomic E-state index is 13.4. The van der Waals surface area contributed by atoms with E-state index in [0.29, 0.717) is 18.0 Å². The average molecular weight is 269 g/mol. The molecule has 0 amide bonds. The van der Waals surface area contributed by atoms with E-state index in [1.54, 1.807) is 6.07 Å². The molecule has 0 spiro atoms. The van der Waals surface area contributed by atoms with Gasteiger partial charge in [-0.15, -0.1) is 0 Å². The number of hydrogen-bond acceptors (Lipinski definition) is 4. The zero-order valence-corrected chi connectivity index (χ0v) is 10.9. The molecule has 1 unspecified atom stereocenters. The summed E-state index contributed by atoms with van der Waals surface area (Å²) in [5.74, 6) is -0.194. The SMILES string of the molecule is CC(CCO)CNCc1cc(F)cc(/C(N)=N/O)c1. The first-order chi connectivity index (χ1) is 9.06. The second-order valence-electron chi connectivity index (χ2n) is 4.58. The van der Waals surface area contributed by atoms with Gasteiger partial charge in [0.2, 0.25) is 0 Å². The fourth-order valence-electron chi connectivity index (χ4n) is 1.74. The molecular weight excluding hydrogens is 249 g/mol. The van der Waals surface area contributed by atoms with Gasteiger partial charge in [-0.05, 0) is 42.6 Å². The van der Waals surface area contributed by atoms with Gasteiger partial charge in [-0.1, -0.05) is 12.1 Å². The Labute approximate surface area is 111 Å².